The van der Waals surface area contributed by atoms with Gasteiger partial charge >= 0.3 is 5.97 Å². The van der Waals surface area contributed by atoms with Crippen LogP contribution in [0.1, 0.15) is 118 Å². The van der Waals surface area contributed by atoms with Gasteiger partial charge in [-0.3, -0.25) is 9.59 Å². The standard InChI is InChI=1S/C34H54O8/c1-22-18-26-31(39,29(22)38)20-24(21-35)19-25-28-30(3,4)34(28,42)32(40,23(2)33(25,26)41)17-15-13-11-9-7-5-6-8-10-12-14-16-27(36)37/h18-19,23,25-26,28,35,39-42H,5-17,20-21H2,1-4H3,(H,36,37)/t23-,25+,26-,28-,31-,32-,33-,34+/m1/s1. The van der Waals surface area contributed by atoms with Gasteiger partial charge in [0.25, 0.3) is 0 Å². The van der Waals surface area contributed by atoms with E-state index in [1.54, 1.807) is 26.0 Å². The van der Waals surface area contributed by atoms with Crippen LogP contribution in [-0.4, -0.2) is 71.4 Å². The second-order valence-electron chi connectivity index (χ2n) is 14.5. The number of carbonyl (C=O) groups excluding carboxylic acids is 1. The van der Waals surface area contributed by atoms with Gasteiger partial charge in [-0.05, 0) is 30.9 Å². The van der Waals surface area contributed by atoms with Crippen molar-refractivity contribution in [2.24, 2.45) is 29.1 Å². The van der Waals surface area contributed by atoms with Gasteiger partial charge in [0.1, 0.15) is 11.2 Å². The summed E-state index contributed by atoms with van der Waals surface area (Å²) in [6.45, 7) is 6.86. The monoisotopic (exact) mass is 590 g/mol. The molecule has 6 N–H and O–H groups in total. The second kappa shape index (κ2) is 12.1. The van der Waals surface area contributed by atoms with E-state index in [0.717, 1.165) is 64.2 Å². The fourth-order valence-electron chi connectivity index (χ4n) is 9.38. The minimum Gasteiger partial charge on any atom is -0.481 e. The average Bonchev–Trinajstić information content (AvgIpc) is 3.34. The average molecular weight is 591 g/mol. The lowest BCUT2D eigenvalue weighted by Gasteiger charge is -2.57. The molecule has 0 aliphatic heterocycles. The number of hydrogen-bond acceptors (Lipinski definition) is 7. The van der Waals surface area contributed by atoms with E-state index in [1.807, 2.05) is 13.8 Å². The zero-order valence-electron chi connectivity index (χ0n) is 26.1. The number of Topliss-reactive ketones (excluding diaryl/α,β-unsaturated/α-hetero) is 1. The summed E-state index contributed by atoms with van der Waals surface area (Å²) in [5, 5.41) is 67.8. The van der Waals surface area contributed by atoms with Crippen molar-refractivity contribution < 1.29 is 40.2 Å². The Bertz CT molecular complexity index is 1100. The zero-order chi connectivity index (χ0) is 31.1. The lowest BCUT2D eigenvalue weighted by Crippen LogP contribution is -2.70. The first-order valence-corrected chi connectivity index (χ1v) is 16.3. The third-order valence-corrected chi connectivity index (χ3v) is 11.8. The van der Waals surface area contributed by atoms with Crippen molar-refractivity contribution in [3.63, 3.8) is 0 Å². The molecule has 0 unspecified atom stereocenters. The van der Waals surface area contributed by atoms with Gasteiger partial charge in [-0.2, -0.15) is 0 Å². The van der Waals surface area contributed by atoms with Crippen LogP contribution in [0.2, 0.25) is 0 Å². The third kappa shape index (κ3) is 5.13. The molecular weight excluding hydrogens is 536 g/mol. The van der Waals surface area contributed by atoms with Gasteiger partial charge in [-0.1, -0.05) is 97.1 Å². The van der Waals surface area contributed by atoms with Crippen LogP contribution in [-0.2, 0) is 9.59 Å². The van der Waals surface area contributed by atoms with E-state index in [1.165, 1.54) is 0 Å². The highest BCUT2D eigenvalue weighted by Gasteiger charge is 2.88. The number of hydrogen-bond donors (Lipinski definition) is 6. The maximum Gasteiger partial charge on any atom is 0.303 e. The van der Waals surface area contributed by atoms with Gasteiger partial charge in [-0.25, -0.2) is 0 Å². The van der Waals surface area contributed by atoms with Crippen LogP contribution in [0.3, 0.4) is 0 Å². The number of carboxylic acids is 1. The van der Waals surface area contributed by atoms with Gasteiger partial charge in [-0.15, -0.1) is 0 Å². The van der Waals surface area contributed by atoms with E-state index in [4.69, 9.17) is 5.11 Å². The molecule has 4 aliphatic carbocycles. The molecule has 0 amide bonds. The Morgan fingerprint density at radius 3 is 1.93 bits per heavy atom. The molecule has 0 aromatic heterocycles. The molecule has 8 heteroatoms. The Balaban J connectivity index is 1.39. The van der Waals surface area contributed by atoms with Gasteiger partial charge in [0.15, 0.2) is 5.78 Å². The van der Waals surface area contributed by atoms with Crippen molar-refractivity contribution in [3.8, 4) is 0 Å². The van der Waals surface area contributed by atoms with E-state index in [9.17, 15) is 35.1 Å². The topological polar surface area (TPSA) is 156 Å². The Hall–Kier alpha value is -1.58. The molecule has 0 aromatic carbocycles. The van der Waals surface area contributed by atoms with E-state index < -0.39 is 63.2 Å². The minimum atomic E-state index is -1.90. The number of carboxylic acid groups (broad SMARTS) is 1. The minimum absolute atomic E-state index is 0.0822. The maximum absolute atomic E-state index is 13.2. The normalized spacial score (nSPS) is 40.0. The SMILES string of the molecule is CC1=C[C@H]2[C@]3(O)[C@@H](C=C(CO)C[C@]2(O)C1=O)[C@@H]1C(C)(C)[C@]1(O)[C@@](O)(CCCCCCCCCCCCCC(=O)O)[C@H]3C. The van der Waals surface area contributed by atoms with Crippen molar-refractivity contribution in [1.29, 1.82) is 0 Å². The molecule has 238 valence electrons. The summed E-state index contributed by atoms with van der Waals surface area (Å²) in [5.74, 6) is -4.10. The number of carbonyl (C=O) groups is 2. The van der Waals surface area contributed by atoms with E-state index in [-0.39, 0.29) is 19.4 Å². The molecular formula is C34H54O8. The second-order valence-corrected chi connectivity index (χ2v) is 14.5. The van der Waals surface area contributed by atoms with Crippen LogP contribution in [0.5, 0.6) is 0 Å². The molecule has 8 nitrogen and oxygen atoms in total. The first kappa shape index (κ1) is 33.3. The molecule has 0 aromatic rings. The largest absolute Gasteiger partial charge is 0.481 e. The van der Waals surface area contributed by atoms with Crippen molar-refractivity contribution in [3.05, 3.63) is 23.3 Å². The lowest BCUT2D eigenvalue weighted by molar-refractivity contribution is -0.255. The first-order valence-electron chi connectivity index (χ1n) is 16.3. The summed E-state index contributed by atoms with van der Waals surface area (Å²) in [7, 11) is 0. The highest BCUT2D eigenvalue weighted by molar-refractivity contribution is 6.04. The Kier molecular flexibility index (Phi) is 9.58. The summed E-state index contributed by atoms with van der Waals surface area (Å²) < 4.78 is 0. The molecule has 0 heterocycles. The summed E-state index contributed by atoms with van der Waals surface area (Å²) in [6.07, 6.45) is 15.0. The van der Waals surface area contributed by atoms with Crippen molar-refractivity contribution in [2.45, 2.75) is 140 Å². The van der Waals surface area contributed by atoms with Crippen LogP contribution < -0.4 is 0 Å². The highest BCUT2D eigenvalue weighted by atomic mass is 16.4. The van der Waals surface area contributed by atoms with Gasteiger partial charge < -0.3 is 30.6 Å². The molecule has 2 fully saturated rings. The predicted octanol–water partition coefficient (Wildman–Crippen LogP) is 4.46. The summed E-state index contributed by atoms with van der Waals surface area (Å²) >= 11 is 0. The maximum atomic E-state index is 13.2. The van der Waals surface area contributed by atoms with E-state index >= 15 is 0 Å². The zero-order valence-corrected chi connectivity index (χ0v) is 26.1. The number of ketones is 1. The van der Waals surface area contributed by atoms with E-state index in [0.29, 0.717) is 24.0 Å². The summed E-state index contributed by atoms with van der Waals surface area (Å²) in [6, 6.07) is 0. The van der Waals surface area contributed by atoms with Crippen LogP contribution in [0, 0.1) is 29.1 Å². The lowest BCUT2D eigenvalue weighted by atomic mass is 9.54. The molecule has 0 saturated heterocycles. The van der Waals surface area contributed by atoms with Gasteiger partial charge in [0.2, 0.25) is 0 Å². The highest BCUT2D eigenvalue weighted by Crippen LogP contribution is 2.78. The molecule has 2 saturated carbocycles. The Morgan fingerprint density at radius 2 is 1.40 bits per heavy atom. The molecule has 0 spiro atoms. The smallest absolute Gasteiger partial charge is 0.303 e. The van der Waals surface area contributed by atoms with Crippen LogP contribution in [0.4, 0.5) is 0 Å². The van der Waals surface area contributed by atoms with Crippen LogP contribution >= 0.6 is 0 Å². The van der Waals surface area contributed by atoms with Crippen molar-refractivity contribution in [1.82, 2.24) is 0 Å². The fourth-order valence-corrected chi connectivity index (χ4v) is 9.38. The first-order chi connectivity index (χ1) is 19.6. The molecule has 0 bridgehead atoms. The van der Waals surface area contributed by atoms with Crippen LogP contribution in [0.25, 0.3) is 0 Å². The molecule has 8 atom stereocenters. The number of aliphatic hydroxyl groups excluding tert-OH is 1. The predicted molar refractivity (Wildman–Crippen MR) is 159 cm³/mol. The molecule has 4 aliphatic rings. The number of fused-ring (bicyclic) bond motifs is 5. The summed E-state index contributed by atoms with van der Waals surface area (Å²) in [5.41, 5.74) is -6.50. The van der Waals surface area contributed by atoms with E-state index in [2.05, 4.69) is 0 Å². The van der Waals surface area contributed by atoms with Gasteiger partial charge in [0, 0.05) is 41.9 Å². The van der Waals surface area contributed by atoms with Crippen molar-refractivity contribution >= 4 is 11.8 Å². The number of rotatable bonds is 15. The number of aliphatic carboxylic acids is 1. The Morgan fingerprint density at radius 1 is 0.881 bits per heavy atom. The van der Waals surface area contributed by atoms with Gasteiger partial charge in [0.05, 0.1) is 17.8 Å². The Labute approximate surface area is 250 Å². The quantitative estimate of drug-likeness (QED) is 0.121. The molecule has 4 rings (SSSR count). The third-order valence-electron chi connectivity index (χ3n) is 11.8. The fraction of sp³-hybridized carbons (Fsp3) is 0.824. The van der Waals surface area contributed by atoms with Crippen molar-refractivity contribution in [2.75, 3.05) is 6.61 Å². The summed E-state index contributed by atoms with van der Waals surface area (Å²) in [4.78, 5) is 23.8. The van der Waals surface area contributed by atoms with Crippen LogP contribution in [0.15, 0.2) is 23.3 Å². The number of aliphatic hydroxyl groups is 5. The number of unbranched alkanes of at least 4 members (excludes halogenated alkanes) is 10. The molecule has 42 heavy (non-hydrogen) atoms. The molecule has 0 radical (unpaired) electrons.